The van der Waals surface area contributed by atoms with Gasteiger partial charge in [-0.15, -0.1) is 0 Å². The van der Waals surface area contributed by atoms with Gasteiger partial charge in [-0.1, -0.05) is 18.2 Å². The normalized spacial score (nSPS) is 9.96. The van der Waals surface area contributed by atoms with Crippen LogP contribution in [0.25, 0.3) is 0 Å². The van der Waals surface area contributed by atoms with Gasteiger partial charge in [0.05, 0.1) is 16.2 Å². The molecule has 0 atom stereocenters. The van der Waals surface area contributed by atoms with Crippen molar-refractivity contribution >= 4 is 40.6 Å². The van der Waals surface area contributed by atoms with Crippen molar-refractivity contribution in [2.45, 2.75) is 6.92 Å². The van der Waals surface area contributed by atoms with Gasteiger partial charge >= 0.3 is 5.97 Å². The second-order valence-electron chi connectivity index (χ2n) is 5.02. The van der Waals surface area contributed by atoms with Gasteiger partial charge in [0.25, 0.3) is 11.6 Å². The third-order valence-corrected chi connectivity index (χ3v) is 3.50. The van der Waals surface area contributed by atoms with Gasteiger partial charge < -0.3 is 10.4 Å². The topological polar surface area (TPSA) is 122 Å². The Labute approximate surface area is 147 Å². The highest BCUT2D eigenvalue weighted by atomic mass is 32.1. The summed E-state index contributed by atoms with van der Waals surface area (Å²) in [6.07, 6.45) is 0. The average Bonchev–Trinajstić information content (AvgIpc) is 2.55. The number of thiocarbonyl (C=S) groups is 1. The van der Waals surface area contributed by atoms with Crippen LogP contribution in [0.1, 0.15) is 26.3 Å². The summed E-state index contributed by atoms with van der Waals surface area (Å²) in [4.78, 5) is 33.7. The number of carboxylic acid groups (broad SMARTS) is 1. The van der Waals surface area contributed by atoms with Crippen LogP contribution in [0.2, 0.25) is 0 Å². The zero-order valence-electron chi connectivity index (χ0n) is 13.0. The molecule has 8 nitrogen and oxygen atoms in total. The monoisotopic (exact) mass is 359 g/mol. The largest absolute Gasteiger partial charge is 0.478 e. The molecule has 25 heavy (non-hydrogen) atoms. The number of rotatable bonds is 4. The Hall–Kier alpha value is -3.33. The molecular formula is C16H13N3O5S. The first-order valence-corrected chi connectivity index (χ1v) is 7.40. The van der Waals surface area contributed by atoms with Crippen LogP contribution < -0.4 is 10.6 Å². The van der Waals surface area contributed by atoms with Crippen molar-refractivity contribution in [3.05, 3.63) is 69.3 Å². The summed E-state index contributed by atoms with van der Waals surface area (Å²) in [6, 6.07) is 10.1. The molecule has 0 aliphatic rings. The molecule has 0 saturated carbocycles. The summed E-state index contributed by atoms with van der Waals surface area (Å²) in [5.74, 6) is -1.79. The second-order valence-corrected chi connectivity index (χ2v) is 5.43. The van der Waals surface area contributed by atoms with E-state index in [0.717, 1.165) is 6.07 Å². The number of nitro groups is 1. The van der Waals surface area contributed by atoms with Crippen molar-refractivity contribution in [1.29, 1.82) is 0 Å². The fraction of sp³-hybridized carbons (Fsp3) is 0.0625. The molecule has 128 valence electrons. The van der Waals surface area contributed by atoms with Gasteiger partial charge in [-0.05, 0) is 37.3 Å². The van der Waals surface area contributed by atoms with E-state index < -0.39 is 16.8 Å². The van der Waals surface area contributed by atoms with Gasteiger partial charge in [0, 0.05) is 17.2 Å². The van der Waals surface area contributed by atoms with E-state index in [9.17, 15) is 19.7 Å². The van der Waals surface area contributed by atoms with Crippen LogP contribution in [0.15, 0.2) is 42.5 Å². The molecule has 0 radical (unpaired) electrons. The molecule has 2 aromatic rings. The van der Waals surface area contributed by atoms with Crippen molar-refractivity contribution in [2.24, 2.45) is 0 Å². The summed E-state index contributed by atoms with van der Waals surface area (Å²) in [6.45, 7) is 1.56. The maximum Gasteiger partial charge on any atom is 0.337 e. The predicted molar refractivity (Wildman–Crippen MR) is 94.9 cm³/mol. The Morgan fingerprint density at radius 3 is 2.52 bits per heavy atom. The number of carboxylic acids is 1. The van der Waals surface area contributed by atoms with Crippen LogP contribution >= 0.6 is 12.2 Å². The number of para-hydroxylation sites is 1. The zero-order valence-corrected chi connectivity index (χ0v) is 13.8. The molecule has 0 aromatic heterocycles. The highest BCUT2D eigenvalue weighted by molar-refractivity contribution is 7.80. The fourth-order valence-electron chi connectivity index (χ4n) is 2.05. The number of nitrogens with one attached hydrogen (secondary N) is 2. The van der Waals surface area contributed by atoms with Crippen LogP contribution in [0.3, 0.4) is 0 Å². The van der Waals surface area contributed by atoms with Gasteiger partial charge in [0.15, 0.2) is 5.11 Å². The predicted octanol–water partition coefficient (Wildman–Crippen LogP) is 2.73. The summed E-state index contributed by atoms with van der Waals surface area (Å²) in [7, 11) is 0. The Kier molecular flexibility index (Phi) is 5.40. The van der Waals surface area contributed by atoms with Crippen LogP contribution in [-0.2, 0) is 0 Å². The van der Waals surface area contributed by atoms with Gasteiger partial charge in [0.1, 0.15) is 0 Å². The van der Waals surface area contributed by atoms with E-state index in [-0.39, 0.29) is 27.6 Å². The number of carbonyl (C=O) groups excluding carboxylic acids is 1. The molecule has 2 aromatic carbocycles. The minimum Gasteiger partial charge on any atom is -0.478 e. The first-order chi connectivity index (χ1) is 11.8. The molecule has 9 heteroatoms. The lowest BCUT2D eigenvalue weighted by Crippen LogP contribution is -2.34. The first-order valence-electron chi connectivity index (χ1n) is 6.99. The minimum absolute atomic E-state index is 0.00919. The van der Waals surface area contributed by atoms with E-state index in [1.165, 1.54) is 24.3 Å². The molecule has 0 bridgehead atoms. The summed E-state index contributed by atoms with van der Waals surface area (Å²) >= 11 is 5.00. The molecule has 1 amide bonds. The maximum absolute atomic E-state index is 12.2. The molecule has 0 aliphatic carbocycles. The third-order valence-electron chi connectivity index (χ3n) is 3.30. The lowest BCUT2D eigenvalue weighted by atomic mass is 10.1. The number of hydrogen-bond donors (Lipinski definition) is 3. The van der Waals surface area contributed by atoms with Crippen LogP contribution in [0, 0.1) is 17.0 Å². The van der Waals surface area contributed by atoms with Gasteiger partial charge in [-0.3, -0.25) is 20.2 Å². The number of benzene rings is 2. The van der Waals surface area contributed by atoms with Crippen LogP contribution in [-0.4, -0.2) is 27.0 Å². The molecule has 2 rings (SSSR count). The van der Waals surface area contributed by atoms with Crippen molar-refractivity contribution < 1.29 is 19.6 Å². The number of hydrogen-bond acceptors (Lipinski definition) is 5. The first kappa shape index (κ1) is 18.0. The molecule has 3 N–H and O–H groups in total. The third kappa shape index (κ3) is 4.36. The van der Waals surface area contributed by atoms with Crippen molar-refractivity contribution in [3.8, 4) is 0 Å². The fourth-order valence-corrected chi connectivity index (χ4v) is 2.26. The Morgan fingerprint density at radius 2 is 1.88 bits per heavy atom. The second kappa shape index (κ2) is 7.49. The van der Waals surface area contributed by atoms with Crippen LogP contribution in [0.5, 0.6) is 0 Å². The van der Waals surface area contributed by atoms with E-state index in [1.807, 2.05) is 0 Å². The van der Waals surface area contributed by atoms with Crippen molar-refractivity contribution in [2.75, 3.05) is 5.32 Å². The Morgan fingerprint density at radius 1 is 1.20 bits per heavy atom. The standard InChI is InChI=1S/C16H13N3O5S/c1-9-6-7-10(8-13(9)19(23)24)14(20)18-16(25)17-12-5-3-2-4-11(12)15(21)22/h2-8H,1H3,(H,21,22)(H2,17,18,20,25). The van der Waals surface area contributed by atoms with Gasteiger partial charge in [0.2, 0.25) is 0 Å². The van der Waals surface area contributed by atoms with Gasteiger partial charge in [-0.25, -0.2) is 4.79 Å². The van der Waals surface area contributed by atoms with E-state index in [1.54, 1.807) is 19.1 Å². The van der Waals surface area contributed by atoms with E-state index in [2.05, 4.69) is 10.6 Å². The highest BCUT2D eigenvalue weighted by Crippen LogP contribution is 2.19. The smallest absolute Gasteiger partial charge is 0.337 e. The number of nitro benzene ring substituents is 1. The molecule has 0 heterocycles. The minimum atomic E-state index is -1.15. The average molecular weight is 359 g/mol. The lowest BCUT2D eigenvalue weighted by Gasteiger charge is -2.11. The molecule has 0 fully saturated rings. The maximum atomic E-state index is 12.2. The Bertz CT molecular complexity index is 882. The summed E-state index contributed by atoms with van der Waals surface area (Å²) < 4.78 is 0. The van der Waals surface area contributed by atoms with E-state index >= 15 is 0 Å². The highest BCUT2D eigenvalue weighted by Gasteiger charge is 2.16. The van der Waals surface area contributed by atoms with E-state index in [4.69, 9.17) is 17.3 Å². The van der Waals surface area contributed by atoms with Crippen molar-refractivity contribution in [1.82, 2.24) is 5.32 Å². The zero-order chi connectivity index (χ0) is 18.6. The van der Waals surface area contributed by atoms with Gasteiger partial charge in [-0.2, -0.15) is 0 Å². The number of aromatic carboxylic acids is 1. The number of nitrogens with zero attached hydrogens (tertiary/aromatic N) is 1. The Balaban J connectivity index is 2.14. The molecule has 0 spiro atoms. The van der Waals surface area contributed by atoms with Crippen molar-refractivity contribution in [3.63, 3.8) is 0 Å². The van der Waals surface area contributed by atoms with Crippen LogP contribution in [0.4, 0.5) is 11.4 Å². The molecule has 0 saturated heterocycles. The SMILES string of the molecule is Cc1ccc(C(=O)NC(=S)Nc2ccccc2C(=O)O)cc1[N+](=O)[O-]. The van der Waals surface area contributed by atoms with E-state index in [0.29, 0.717) is 5.56 Å². The summed E-state index contributed by atoms with van der Waals surface area (Å²) in [5, 5.41) is 24.9. The number of aryl methyl sites for hydroxylation is 1. The molecule has 0 aliphatic heterocycles. The number of anilines is 1. The molecule has 0 unspecified atom stereocenters. The number of amides is 1. The lowest BCUT2D eigenvalue weighted by molar-refractivity contribution is -0.385. The number of carbonyl (C=O) groups is 2. The summed E-state index contributed by atoms with van der Waals surface area (Å²) in [5.41, 5.74) is 0.522. The quantitative estimate of drug-likeness (QED) is 0.436. The molecular weight excluding hydrogens is 346 g/mol.